The quantitative estimate of drug-likeness (QED) is 0.333. The van der Waals surface area contributed by atoms with Crippen molar-refractivity contribution in [2.45, 2.75) is 13.3 Å². The molecule has 6 rings (SSSR count). The van der Waals surface area contributed by atoms with Gasteiger partial charge in [0, 0.05) is 53.5 Å². The van der Waals surface area contributed by atoms with Crippen LogP contribution in [0, 0.1) is 0 Å². The number of hydrogen-bond acceptors (Lipinski definition) is 6. The van der Waals surface area contributed by atoms with Crippen LogP contribution < -0.4 is 5.32 Å². The van der Waals surface area contributed by atoms with Gasteiger partial charge in [-0.3, -0.25) is 14.9 Å². The molecule has 1 aromatic carbocycles. The van der Waals surface area contributed by atoms with E-state index in [4.69, 9.17) is 4.98 Å². The highest BCUT2D eigenvalue weighted by molar-refractivity contribution is 5.97. The summed E-state index contributed by atoms with van der Waals surface area (Å²) in [5.74, 6) is 1.12. The van der Waals surface area contributed by atoms with Crippen LogP contribution in [0.15, 0.2) is 73.3 Å². The van der Waals surface area contributed by atoms with Gasteiger partial charge in [0.25, 0.3) is 0 Å². The molecular formula is C26H20N8O. The van der Waals surface area contributed by atoms with Gasteiger partial charge in [0.05, 0.1) is 16.4 Å². The fourth-order valence-corrected chi connectivity index (χ4v) is 4.01. The van der Waals surface area contributed by atoms with Gasteiger partial charge in [-0.05, 0) is 30.3 Å². The van der Waals surface area contributed by atoms with E-state index in [1.54, 1.807) is 31.6 Å². The molecule has 0 bridgehead atoms. The summed E-state index contributed by atoms with van der Waals surface area (Å²) in [7, 11) is 0. The number of benzene rings is 1. The van der Waals surface area contributed by atoms with Crippen LogP contribution in [-0.4, -0.2) is 41.0 Å². The Balaban J connectivity index is 1.40. The Hall–Kier alpha value is -4.92. The fraction of sp³-hybridized carbons (Fsp3) is 0.0769. The molecule has 0 saturated heterocycles. The molecule has 0 aliphatic rings. The molecule has 9 nitrogen and oxygen atoms in total. The molecule has 1 amide bonds. The van der Waals surface area contributed by atoms with Crippen molar-refractivity contribution >= 4 is 33.8 Å². The molecule has 9 heteroatoms. The SMILES string of the molecule is CCC(=O)Nc1ccc(-c2cnc3n[nH]c(-c4nc5c(-c6cccnc6)cccc5[nH]4)c3c2)cn1. The zero-order chi connectivity index (χ0) is 23.8. The maximum Gasteiger partial charge on any atom is 0.225 e. The van der Waals surface area contributed by atoms with Gasteiger partial charge < -0.3 is 10.3 Å². The number of aromatic amines is 2. The van der Waals surface area contributed by atoms with Crippen molar-refractivity contribution in [2.24, 2.45) is 0 Å². The summed E-state index contributed by atoms with van der Waals surface area (Å²) >= 11 is 0. The maximum atomic E-state index is 11.6. The molecule has 5 aromatic heterocycles. The van der Waals surface area contributed by atoms with E-state index < -0.39 is 0 Å². The first-order chi connectivity index (χ1) is 17.2. The van der Waals surface area contributed by atoms with Crippen LogP contribution in [-0.2, 0) is 4.79 Å². The third-order valence-electron chi connectivity index (χ3n) is 5.82. The summed E-state index contributed by atoms with van der Waals surface area (Å²) in [6.45, 7) is 1.80. The van der Waals surface area contributed by atoms with Gasteiger partial charge in [0.2, 0.25) is 5.91 Å². The monoisotopic (exact) mass is 460 g/mol. The van der Waals surface area contributed by atoms with Crippen LogP contribution in [0.3, 0.4) is 0 Å². The minimum atomic E-state index is -0.0751. The number of hydrogen-bond donors (Lipinski definition) is 3. The van der Waals surface area contributed by atoms with Crippen LogP contribution in [0.25, 0.3) is 55.8 Å². The van der Waals surface area contributed by atoms with Crippen LogP contribution in [0.4, 0.5) is 5.82 Å². The van der Waals surface area contributed by atoms with Crippen LogP contribution in [0.2, 0.25) is 0 Å². The molecule has 0 fully saturated rings. The molecule has 5 heterocycles. The molecule has 0 saturated carbocycles. The molecule has 0 aliphatic heterocycles. The number of nitrogens with one attached hydrogen (secondary N) is 3. The van der Waals surface area contributed by atoms with Crippen molar-refractivity contribution in [1.29, 1.82) is 0 Å². The number of pyridine rings is 3. The Bertz CT molecular complexity index is 1670. The average Bonchev–Trinajstić information content (AvgIpc) is 3.53. The van der Waals surface area contributed by atoms with E-state index in [9.17, 15) is 4.79 Å². The van der Waals surface area contributed by atoms with Crippen molar-refractivity contribution in [3.63, 3.8) is 0 Å². The molecule has 0 radical (unpaired) electrons. The number of rotatable bonds is 5. The molecule has 6 aromatic rings. The predicted octanol–water partition coefficient (Wildman–Crippen LogP) is 4.97. The molecule has 0 aliphatic carbocycles. The average molecular weight is 461 g/mol. The first-order valence-corrected chi connectivity index (χ1v) is 11.2. The molecule has 0 atom stereocenters. The number of H-pyrrole nitrogens is 2. The Labute approximate surface area is 199 Å². The van der Waals surface area contributed by atoms with Gasteiger partial charge in [-0.15, -0.1) is 0 Å². The summed E-state index contributed by atoms with van der Waals surface area (Å²) in [4.78, 5) is 33.0. The Morgan fingerprint density at radius 2 is 1.89 bits per heavy atom. The number of aromatic nitrogens is 7. The number of para-hydroxylation sites is 1. The Kier molecular flexibility index (Phi) is 4.99. The second kappa shape index (κ2) is 8.45. The van der Waals surface area contributed by atoms with E-state index in [-0.39, 0.29) is 5.91 Å². The third kappa shape index (κ3) is 3.78. The lowest BCUT2D eigenvalue weighted by atomic mass is 10.1. The maximum absolute atomic E-state index is 11.6. The van der Waals surface area contributed by atoms with E-state index in [1.807, 2.05) is 48.7 Å². The molecule has 170 valence electrons. The molecule has 0 unspecified atom stereocenters. The molecule has 35 heavy (non-hydrogen) atoms. The minimum absolute atomic E-state index is 0.0751. The largest absolute Gasteiger partial charge is 0.337 e. The number of imidazole rings is 1. The van der Waals surface area contributed by atoms with Crippen molar-refractivity contribution in [1.82, 2.24) is 35.1 Å². The van der Waals surface area contributed by atoms with Crippen molar-refractivity contribution in [3.05, 3.63) is 73.3 Å². The molecule has 3 N–H and O–H groups in total. The number of carbonyl (C=O) groups excluding carboxylic acids is 1. The number of carbonyl (C=O) groups is 1. The second-order valence-electron chi connectivity index (χ2n) is 8.06. The van der Waals surface area contributed by atoms with Gasteiger partial charge in [0.1, 0.15) is 11.5 Å². The van der Waals surface area contributed by atoms with Crippen molar-refractivity contribution < 1.29 is 4.79 Å². The summed E-state index contributed by atoms with van der Waals surface area (Å²) in [5.41, 5.74) is 6.89. The van der Waals surface area contributed by atoms with E-state index in [2.05, 4.69) is 35.5 Å². The number of amides is 1. The van der Waals surface area contributed by atoms with E-state index in [0.29, 0.717) is 23.7 Å². The number of fused-ring (bicyclic) bond motifs is 2. The van der Waals surface area contributed by atoms with Gasteiger partial charge in [0.15, 0.2) is 11.5 Å². The topological polar surface area (TPSA) is 125 Å². The van der Waals surface area contributed by atoms with Gasteiger partial charge in [-0.1, -0.05) is 25.1 Å². The highest BCUT2D eigenvalue weighted by Gasteiger charge is 2.16. The lowest BCUT2D eigenvalue weighted by Crippen LogP contribution is -2.10. The standard InChI is InChI=1S/C26H20N8O/c1-2-22(35)31-21-9-8-15(13-28-21)17-11-19-24(33-34-25(19)29-14-17)26-30-20-7-3-6-18(23(20)32-26)16-5-4-10-27-12-16/h3-14H,2H2,1H3,(H,30,32)(H,28,31,35)(H,29,33,34). The second-order valence-corrected chi connectivity index (χ2v) is 8.06. The fourth-order valence-electron chi connectivity index (χ4n) is 4.01. The van der Waals surface area contributed by atoms with E-state index in [1.165, 1.54) is 0 Å². The van der Waals surface area contributed by atoms with Gasteiger partial charge in [-0.25, -0.2) is 15.0 Å². The summed E-state index contributed by atoms with van der Waals surface area (Å²) in [6, 6.07) is 15.7. The van der Waals surface area contributed by atoms with E-state index in [0.717, 1.165) is 44.4 Å². The highest BCUT2D eigenvalue weighted by Crippen LogP contribution is 2.32. The zero-order valence-electron chi connectivity index (χ0n) is 18.8. The smallest absolute Gasteiger partial charge is 0.225 e. The minimum Gasteiger partial charge on any atom is -0.337 e. The number of nitrogens with zero attached hydrogens (tertiary/aromatic N) is 5. The Morgan fingerprint density at radius 3 is 2.69 bits per heavy atom. The van der Waals surface area contributed by atoms with E-state index >= 15 is 0 Å². The van der Waals surface area contributed by atoms with Crippen molar-refractivity contribution in [3.8, 4) is 33.8 Å². The lowest BCUT2D eigenvalue weighted by Gasteiger charge is -2.05. The van der Waals surface area contributed by atoms with Crippen LogP contribution in [0.1, 0.15) is 13.3 Å². The van der Waals surface area contributed by atoms with Gasteiger partial charge in [-0.2, -0.15) is 5.10 Å². The predicted molar refractivity (Wildman–Crippen MR) is 134 cm³/mol. The number of anilines is 1. The summed E-state index contributed by atoms with van der Waals surface area (Å²) < 4.78 is 0. The van der Waals surface area contributed by atoms with Crippen LogP contribution >= 0.6 is 0 Å². The molecule has 0 spiro atoms. The van der Waals surface area contributed by atoms with Crippen LogP contribution in [0.5, 0.6) is 0 Å². The van der Waals surface area contributed by atoms with Crippen molar-refractivity contribution in [2.75, 3.05) is 5.32 Å². The normalized spacial score (nSPS) is 11.2. The summed E-state index contributed by atoms with van der Waals surface area (Å²) in [6.07, 6.45) is 7.46. The van der Waals surface area contributed by atoms with Gasteiger partial charge >= 0.3 is 0 Å². The third-order valence-corrected chi connectivity index (χ3v) is 5.82. The first-order valence-electron chi connectivity index (χ1n) is 11.2. The lowest BCUT2D eigenvalue weighted by molar-refractivity contribution is -0.115. The summed E-state index contributed by atoms with van der Waals surface area (Å²) in [5, 5.41) is 11.1. The molecular weight excluding hydrogens is 440 g/mol. The Morgan fingerprint density at radius 1 is 0.971 bits per heavy atom. The zero-order valence-corrected chi connectivity index (χ0v) is 18.8. The first kappa shape index (κ1) is 20.7. The highest BCUT2D eigenvalue weighted by atomic mass is 16.1.